The van der Waals surface area contributed by atoms with Crippen molar-refractivity contribution in [3.8, 4) is 5.75 Å². The van der Waals surface area contributed by atoms with E-state index in [9.17, 15) is 18.4 Å². The van der Waals surface area contributed by atoms with E-state index >= 15 is 0 Å². The normalized spacial score (nSPS) is 14.0. The van der Waals surface area contributed by atoms with Crippen molar-refractivity contribution in [2.75, 3.05) is 13.1 Å². The molecule has 1 heterocycles. The third-order valence-corrected chi connectivity index (χ3v) is 5.95. The third kappa shape index (κ3) is 5.98. The van der Waals surface area contributed by atoms with E-state index in [1.54, 1.807) is 0 Å². The lowest BCUT2D eigenvalue weighted by Crippen LogP contribution is -2.43. The molecule has 5 nitrogen and oxygen atoms in total. The fourth-order valence-electron chi connectivity index (χ4n) is 3.96. The number of nitrogens with one attached hydrogen (secondary N) is 1. The van der Waals surface area contributed by atoms with Crippen molar-refractivity contribution in [3.05, 3.63) is 101 Å². The summed E-state index contributed by atoms with van der Waals surface area (Å²) in [6.07, 6.45) is 0.985. The van der Waals surface area contributed by atoms with E-state index in [4.69, 9.17) is 4.74 Å². The molecule has 0 radical (unpaired) electrons. The van der Waals surface area contributed by atoms with Gasteiger partial charge in [0.25, 0.3) is 5.91 Å². The summed E-state index contributed by atoms with van der Waals surface area (Å²) in [6, 6.07) is 20.4. The number of likely N-dealkylation sites (tertiary alicyclic amines) is 1. The molecule has 0 spiro atoms. The van der Waals surface area contributed by atoms with Crippen LogP contribution in [-0.2, 0) is 17.9 Å². The number of rotatable bonds is 7. The second-order valence-corrected chi connectivity index (χ2v) is 8.33. The van der Waals surface area contributed by atoms with Gasteiger partial charge in [-0.3, -0.25) is 9.59 Å². The Balaban J connectivity index is 1.21. The summed E-state index contributed by atoms with van der Waals surface area (Å²) < 4.78 is 32.8. The second kappa shape index (κ2) is 10.9. The molecule has 176 valence electrons. The van der Waals surface area contributed by atoms with Crippen molar-refractivity contribution in [3.63, 3.8) is 0 Å². The zero-order chi connectivity index (χ0) is 23.9. The van der Waals surface area contributed by atoms with E-state index < -0.39 is 17.5 Å². The summed E-state index contributed by atoms with van der Waals surface area (Å²) in [7, 11) is 0. The molecule has 1 aliphatic heterocycles. The molecule has 0 unspecified atom stereocenters. The lowest BCUT2D eigenvalue weighted by Gasteiger charge is -2.31. The van der Waals surface area contributed by atoms with Crippen molar-refractivity contribution in [2.24, 2.45) is 5.92 Å². The van der Waals surface area contributed by atoms with Crippen LogP contribution in [0.5, 0.6) is 5.75 Å². The highest BCUT2D eigenvalue weighted by molar-refractivity contribution is 5.94. The summed E-state index contributed by atoms with van der Waals surface area (Å²) in [5, 5.41) is 2.95. The number of amides is 2. The number of carbonyl (C=O) groups excluding carboxylic acids is 2. The molecular formula is C27H26F2N2O3. The summed E-state index contributed by atoms with van der Waals surface area (Å²) in [6.45, 7) is 1.59. The van der Waals surface area contributed by atoms with E-state index in [2.05, 4.69) is 5.32 Å². The average Bonchev–Trinajstić information content (AvgIpc) is 2.87. The van der Waals surface area contributed by atoms with Gasteiger partial charge in [-0.25, -0.2) is 8.78 Å². The number of ether oxygens (including phenoxy) is 1. The quantitative estimate of drug-likeness (QED) is 0.551. The predicted octanol–water partition coefficient (Wildman–Crippen LogP) is 4.71. The van der Waals surface area contributed by atoms with Crippen LogP contribution in [0.4, 0.5) is 8.78 Å². The van der Waals surface area contributed by atoms with Crippen LogP contribution >= 0.6 is 0 Å². The molecule has 0 bridgehead atoms. The average molecular weight is 465 g/mol. The van der Waals surface area contributed by atoms with Gasteiger partial charge in [-0.1, -0.05) is 42.5 Å². The molecule has 34 heavy (non-hydrogen) atoms. The van der Waals surface area contributed by atoms with Crippen molar-refractivity contribution in [2.45, 2.75) is 26.0 Å². The molecule has 0 aromatic heterocycles. The molecule has 0 aliphatic carbocycles. The van der Waals surface area contributed by atoms with E-state index in [1.165, 1.54) is 4.90 Å². The van der Waals surface area contributed by atoms with Crippen LogP contribution in [0.3, 0.4) is 0 Å². The minimum absolute atomic E-state index is 0.0653. The summed E-state index contributed by atoms with van der Waals surface area (Å²) in [4.78, 5) is 26.6. The maximum Gasteiger partial charge on any atom is 0.256 e. The minimum Gasteiger partial charge on any atom is -0.489 e. The van der Waals surface area contributed by atoms with Crippen molar-refractivity contribution < 1.29 is 23.1 Å². The Hall–Kier alpha value is -3.74. The highest BCUT2D eigenvalue weighted by atomic mass is 19.1. The number of carbonyl (C=O) groups is 2. The molecule has 2 amide bonds. The third-order valence-electron chi connectivity index (χ3n) is 5.95. The molecule has 3 aromatic carbocycles. The van der Waals surface area contributed by atoms with Crippen LogP contribution in [0.15, 0.2) is 72.8 Å². The maximum absolute atomic E-state index is 13.9. The SMILES string of the molecule is O=C(NCc1ccc(OCc2ccccc2)cc1)C1CCN(C(=O)c2ccc(F)cc2F)CC1. The van der Waals surface area contributed by atoms with Gasteiger partial charge in [0.1, 0.15) is 24.0 Å². The van der Waals surface area contributed by atoms with Crippen LogP contribution in [0.1, 0.15) is 34.3 Å². The highest BCUT2D eigenvalue weighted by Crippen LogP contribution is 2.21. The summed E-state index contributed by atoms with van der Waals surface area (Å²) in [5.74, 6) is -1.60. The molecule has 4 rings (SSSR count). The Labute approximate surface area is 197 Å². The van der Waals surface area contributed by atoms with E-state index in [0.29, 0.717) is 45.1 Å². The smallest absolute Gasteiger partial charge is 0.256 e. The first-order valence-corrected chi connectivity index (χ1v) is 11.3. The summed E-state index contributed by atoms with van der Waals surface area (Å²) >= 11 is 0. The molecule has 1 aliphatic rings. The monoisotopic (exact) mass is 464 g/mol. The van der Waals surface area contributed by atoms with Gasteiger partial charge < -0.3 is 15.0 Å². The van der Waals surface area contributed by atoms with Crippen molar-refractivity contribution in [1.29, 1.82) is 0 Å². The molecule has 0 saturated carbocycles. The van der Waals surface area contributed by atoms with Gasteiger partial charge in [0.2, 0.25) is 5.91 Å². The van der Waals surface area contributed by atoms with E-state index in [-0.39, 0.29) is 17.4 Å². The first-order valence-electron chi connectivity index (χ1n) is 11.3. The number of halogens is 2. The molecule has 0 atom stereocenters. The highest BCUT2D eigenvalue weighted by Gasteiger charge is 2.28. The van der Waals surface area contributed by atoms with Gasteiger partial charge in [-0.05, 0) is 48.2 Å². The fourth-order valence-corrected chi connectivity index (χ4v) is 3.96. The van der Waals surface area contributed by atoms with Gasteiger partial charge in [0.15, 0.2) is 0 Å². The number of benzene rings is 3. The Morgan fingerprint density at radius 3 is 2.29 bits per heavy atom. The number of nitrogens with zero attached hydrogens (tertiary/aromatic N) is 1. The number of piperidine rings is 1. The Kier molecular flexibility index (Phi) is 7.52. The van der Waals surface area contributed by atoms with Crippen LogP contribution in [0.25, 0.3) is 0 Å². The largest absolute Gasteiger partial charge is 0.489 e. The van der Waals surface area contributed by atoms with E-state index in [0.717, 1.165) is 29.0 Å². The summed E-state index contributed by atoms with van der Waals surface area (Å²) in [5.41, 5.74) is 1.90. The molecule has 1 saturated heterocycles. The van der Waals surface area contributed by atoms with Crippen LogP contribution < -0.4 is 10.1 Å². The van der Waals surface area contributed by atoms with Gasteiger partial charge >= 0.3 is 0 Å². The Morgan fingerprint density at radius 2 is 1.62 bits per heavy atom. The molecule has 3 aromatic rings. The zero-order valence-corrected chi connectivity index (χ0v) is 18.7. The standard InChI is InChI=1S/C27H26F2N2O3/c28-22-8-11-24(25(29)16-22)27(33)31-14-12-21(13-15-31)26(32)30-17-19-6-9-23(10-7-19)34-18-20-4-2-1-3-5-20/h1-11,16,21H,12-15,17-18H2,(H,30,32). The molecule has 7 heteroatoms. The molecular weight excluding hydrogens is 438 g/mol. The van der Waals surface area contributed by atoms with Crippen molar-refractivity contribution >= 4 is 11.8 Å². The second-order valence-electron chi connectivity index (χ2n) is 8.33. The Bertz CT molecular complexity index is 1130. The zero-order valence-electron chi connectivity index (χ0n) is 18.7. The van der Waals surface area contributed by atoms with Crippen LogP contribution in [0, 0.1) is 17.6 Å². The maximum atomic E-state index is 13.9. The lowest BCUT2D eigenvalue weighted by molar-refractivity contribution is -0.126. The van der Waals surface area contributed by atoms with Gasteiger partial charge in [-0.2, -0.15) is 0 Å². The predicted molar refractivity (Wildman–Crippen MR) is 124 cm³/mol. The first kappa shape index (κ1) is 23.4. The topological polar surface area (TPSA) is 58.6 Å². The van der Waals surface area contributed by atoms with Gasteiger partial charge in [0, 0.05) is 31.6 Å². The first-order chi connectivity index (χ1) is 16.5. The van der Waals surface area contributed by atoms with Crippen LogP contribution in [0.2, 0.25) is 0 Å². The van der Waals surface area contributed by atoms with Crippen LogP contribution in [-0.4, -0.2) is 29.8 Å². The fraction of sp³-hybridized carbons (Fsp3) is 0.259. The number of hydrogen-bond donors (Lipinski definition) is 1. The van der Waals surface area contributed by atoms with E-state index in [1.807, 2.05) is 54.6 Å². The Morgan fingerprint density at radius 1 is 0.912 bits per heavy atom. The molecule has 1 N–H and O–H groups in total. The van der Waals surface area contributed by atoms with Gasteiger partial charge in [-0.15, -0.1) is 0 Å². The lowest BCUT2D eigenvalue weighted by atomic mass is 9.95. The molecule has 1 fully saturated rings. The van der Waals surface area contributed by atoms with Gasteiger partial charge in [0.05, 0.1) is 5.56 Å². The minimum atomic E-state index is -0.874. The van der Waals surface area contributed by atoms with Crippen molar-refractivity contribution in [1.82, 2.24) is 10.2 Å². The number of hydrogen-bond acceptors (Lipinski definition) is 3.